The molecule has 1 heterocycles. The monoisotopic (exact) mass is 433 g/mol. The first-order chi connectivity index (χ1) is 15.6. The SMILES string of the molecule is COc1ccc(CN2CCN(Cc3ccc(OC)cc3)C2c2ccc([N+](=O)[O-])cc2)cc1. The minimum absolute atomic E-state index is 0.0278. The Morgan fingerprint density at radius 3 is 1.59 bits per heavy atom. The van der Waals surface area contributed by atoms with Crippen LogP contribution in [0.25, 0.3) is 0 Å². The topological polar surface area (TPSA) is 68.1 Å². The van der Waals surface area contributed by atoms with E-state index in [1.807, 2.05) is 36.4 Å². The van der Waals surface area contributed by atoms with Crippen molar-refractivity contribution in [3.05, 3.63) is 99.6 Å². The van der Waals surface area contributed by atoms with Crippen molar-refractivity contribution < 1.29 is 14.4 Å². The van der Waals surface area contributed by atoms with E-state index in [0.717, 1.165) is 43.2 Å². The number of nitro benzene ring substituents is 1. The Labute approximate surface area is 187 Å². The van der Waals surface area contributed by atoms with Gasteiger partial charge in [-0.2, -0.15) is 0 Å². The van der Waals surface area contributed by atoms with E-state index in [4.69, 9.17) is 9.47 Å². The molecule has 3 aromatic carbocycles. The van der Waals surface area contributed by atoms with E-state index in [0.29, 0.717) is 0 Å². The molecule has 0 spiro atoms. The fraction of sp³-hybridized carbons (Fsp3) is 0.280. The maximum absolute atomic E-state index is 11.1. The van der Waals surface area contributed by atoms with Gasteiger partial charge in [-0.1, -0.05) is 24.3 Å². The van der Waals surface area contributed by atoms with Gasteiger partial charge in [0.15, 0.2) is 0 Å². The van der Waals surface area contributed by atoms with Crippen molar-refractivity contribution in [2.45, 2.75) is 19.3 Å². The van der Waals surface area contributed by atoms with Crippen molar-refractivity contribution in [2.24, 2.45) is 0 Å². The van der Waals surface area contributed by atoms with Crippen LogP contribution in [0.4, 0.5) is 5.69 Å². The maximum atomic E-state index is 11.1. The lowest BCUT2D eigenvalue weighted by atomic mass is 10.1. The summed E-state index contributed by atoms with van der Waals surface area (Å²) in [7, 11) is 3.33. The highest BCUT2D eigenvalue weighted by Gasteiger charge is 2.33. The summed E-state index contributed by atoms with van der Waals surface area (Å²) in [5.41, 5.74) is 3.55. The Hall–Kier alpha value is -3.42. The van der Waals surface area contributed by atoms with Crippen LogP contribution in [0.5, 0.6) is 11.5 Å². The Bertz CT molecular complexity index is 979. The van der Waals surface area contributed by atoms with E-state index in [1.165, 1.54) is 11.1 Å². The van der Waals surface area contributed by atoms with Crippen molar-refractivity contribution in [3.8, 4) is 11.5 Å². The molecule has 0 aromatic heterocycles. The van der Waals surface area contributed by atoms with Gasteiger partial charge in [0.1, 0.15) is 11.5 Å². The van der Waals surface area contributed by atoms with E-state index in [9.17, 15) is 10.1 Å². The first-order valence-corrected chi connectivity index (χ1v) is 10.6. The third kappa shape index (κ3) is 4.90. The number of nitrogens with zero attached hydrogens (tertiary/aromatic N) is 3. The summed E-state index contributed by atoms with van der Waals surface area (Å²) in [5, 5.41) is 11.1. The largest absolute Gasteiger partial charge is 0.497 e. The normalized spacial score (nSPS) is 15.1. The Morgan fingerprint density at radius 1 is 0.781 bits per heavy atom. The summed E-state index contributed by atoms with van der Waals surface area (Å²) in [6.45, 7) is 3.38. The second-order valence-electron chi connectivity index (χ2n) is 7.86. The van der Waals surface area contributed by atoms with Gasteiger partial charge in [0.2, 0.25) is 0 Å². The van der Waals surface area contributed by atoms with E-state index in [2.05, 4.69) is 34.1 Å². The van der Waals surface area contributed by atoms with E-state index < -0.39 is 0 Å². The second-order valence-corrected chi connectivity index (χ2v) is 7.86. The summed E-state index contributed by atoms with van der Waals surface area (Å²) in [5.74, 6) is 1.67. The van der Waals surface area contributed by atoms with Crippen LogP contribution >= 0.6 is 0 Å². The molecule has 32 heavy (non-hydrogen) atoms. The van der Waals surface area contributed by atoms with E-state index in [1.54, 1.807) is 26.4 Å². The second kappa shape index (κ2) is 9.80. The summed E-state index contributed by atoms with van der Waals surface area (Å²) in [6, 6.07) is 23.1. The molecule has 0 bridgehead atoms. The quantitative estimate of drug-likeness (QED) is 0.381. The van der Waals surface area contributed by atoms with Gasteiger partial charge in [0.05, 0.1) is 25.3 Å². The zero-order valence-electron chi connectivity index (χ0n) is 18.3. The van der Waals surface area contributed by atoms with Crippen molar-refractivity contribution in [1.29, 1.82) is 0 Å². The molecule has 1 aliphatic heterocycles. The van der Waals surface area contributed by atoms with Crippen LogP contribution in [-0.2, 0) is 13.1 Å². The van der Waals surface area contributed by atoms with Gasteiger partial charge >= 0.3 is 0 Å². The molecule has 1 fully saturated rings. The first-order valence-electron chi connectivity index (χ1n) is 10.6. The fourth-order valence-corrected chi connectivity index (χ4v) is 4.18. The Balaban J connectivity index is 1.58. The van der Waals surface area contributed by atoms with Crippen LogP contribution in [0.15, 0.2) is 72.8 Å². The molecule has 0 saturated carbocycles. The van der Waals surface area contributed by atoms with Gasteiger partial charge in [-0.15, -0.1) is 0 Å². The third-order valence-corrected chi connectivity index (χ3v) is 5.86. The van der Waals surface area contributed by atoms with Crippen LogP contribution < -0.4 is 9.47 Å². The molecule has 0 amide bonds. The Kier molecular flexibility index (Phi) is 6.68. The number of non-ortho nitro benzene ring substituents is 1. The number of benzene rings is 3. The molecule has 7 nitrogen and oxygen atoms in total. The summed E-state index contributed by atoms with van der Waals surface area (Å²) >= 11 is 0. The molecule has 0 aliphatic carbocycles. The van der Waals surface area contributed by atoms with Gasteiger partial charge in [-0.05, 0) is 53.1 Å². The highest BCUT2D eigenvalue weighted by atomic mass is 16.6. The van der Waals surface area contributed by atoms with Crippen LogP contribution in [-0.4, -0.2) is 42.0 Å². The molecule has 0 atom stereocenters. The van der Waals surface area contributed by atoms with Gasteiger partial charge < -0.3 is 9.47 Å². The van der Waals surface area contributed by atoms with Crippen LogP contribution in [0, 0.1) is 10.1 Å². The highest BCUT2D eigenvalue weighted by molar-refractivity contribution is 5.35. The van der Waals surface area contributed by atoms with Gasteiger partial charge in [-0.3, -0.25) is 19.9 Å². The predicted molar refractivity (Wildman–Crippen MR) is 123 cm³/mol. The molecule has 0 radical (unpaired) electrons. The lowest BCUT2D eigenvalue weighted by molar-refractivity contribution is -0.384. The highest BCUT2D eigenvalue weighted by Crippen LogP contribution is 2.34. The van der Waals surface area contributed by atoms with E-state index >= 15 is 0 Å². The number of hydrogen-bond acceptors (Lipinski definition) is 6. The van der Waals surface area contributed by atoms with Gasteiger partial charge in [0.25, 0.3) is 5.69 Å². The summed E-state index contributed by atoms with van der Waals surface area (Å²) < 4.78 is 10.5. The Morgan fingerprint density at radius 2 is 1.22 bits per heavy atom. The molecule has 0 N–H and O–H groups in total. The number of hydrogen-bond donors (Lipinski definition) is 0. The molecule has 166 valence electrons. The third-order valence-electron chi connectivity index (χ3n) is 5.86. The van der Waals surface area contributed by atoms with Crippen LogP contribution in [0.1, 0.15) is 22.9 Å². The van der Waals surface area contributed by atoms with Gasteiger partial charge in [0, 0.05) is 38.3 Å². The molecular formula is C25H27N3O4. The van der Waals surface area contributed by atoms with Crippen molar-refractivity contribution in [3.63, 3.8) is 0 Å². The molecular weight excluding hydrogens is 406 g/mol. The number of methoxy groups -OCH3 is 2. The first kappa shape index (κ1) is 21.8. The number of ether oxygens (including phenoxy) is 2. The van der Waals surface area contributed by atoms with Crippen LogP contribution in [0.2, 0.25) is 0 Å². The van der Waals surface area contributed by atoms with Crippen LogP contribution in [0.3, 0.4) is 0 Å². The lowest BCUT2D eigenvalue weighted by Gasteiger charge is -2.31. The smallest absolute Gasteiger partial charge is 0.269 e. The molecule has 1 aliphatic rings. The van der Waals surface area contributed by atoms with Crippen molar-refractivity contribution in [1.82, 2.24) is 9.80 Å². The van der Waals surface area contributed by atoms with Crippen molar-refractivity contribution in [2.75, 3.05) is 27.3 Å². The summed E-state index contributed by atoms with van der Waals surface area (Å²) in [6.07, 6.45) is 0.0278. The van der Waals surface area contributed by atoms with Crippen molar-refractivity contribution >= 4 is 5.69 Å². The predicted octanol–water partition coefficient (Wildman–Crippen LogP) is 4.63. The average molecular weight is 434 g/mol. The average Bonchev–Trinajstić information content (AvgIpc) is 3.21. The molecule has 0 unspecified atom stereocenters. The minimum atomic E-state index is -0.358. The number of rotatable bonds is 8. The zero-order valence-corrected chi connectivity index (χ0v) is 18.3. The molecule has 1 saturated heterocycles. The van der Waals surface area contributed by atoms with E-state index in [-0.39, 0.29) is 16.8 Å². The lowest BCUT2D eigenvalue weighted by Crippen LogP contribution is -2.30. The summed E-state index contributed by atoms with van der Waals surface area (Å²) in [4.78, 5) is 15.6. The minimum Gasteiger partial charge on any atom is -0.497 e. The molecule has 4 rings (SSSR count). The molecule has 7 heteroatoms. The zero-order chi connectivity index (χ0) is 22.5. The number of nitro groups is 1. The standard InChI is InChI=1S/C25H27N3O4/c1-31-23-11-3-19(4-12-23)17-26-15-16-27(18-20-5-13-24(32-2)14-6-20)25(26)21-7-9-22(10-8-21)28(29)30/h3-14,25H,15-18H2,1-2H3. The fourth-order valence-electron chi connectivity index (χ4n) is 4.18. The molecule has 3 aromatic rings. The van der Waals surface area contributed by atoms with Gasteiger partial charge in [-0.25, -0.2) is 0 Å². The maximum Gasteiger partial charge on any atom is 0.269 e.